The van der Waals surface area contributed by atoms with Gasteiger partial charge in [0.2, 0.25) is 0 Å². The minimum atomic E-state index is -4.96. The number of rotatable bonds is 80. The summed E-state index contributed by atoms with van der Waals surface area (Å²) in [5.41, 5.74) is 0. The molecule has 0 amide bonds. The first-order valence-electron chi connectivity index (χ1n) is 42.7. The summed E-state index contributed by atoms with van der Waals surface area (Å²) in [6, 6.07) is 0. The van der Waals surface area contributed by atoms with Crippen molar-refractivity contribution in [1.82, 2.24) is 0 Å². The summed E-state index contributed by atoms with van der Waals surface area (Å²) in [5.74, 6) is 0.990. The van der Waals surface area contributed by atoms with Crippen LogP contribution in [-0.4, -0.2) is 96.7 Å². The second-order valence-electron chi connectivity index (χ2n) is 31.8. The van der Waals surface area contributed by atoms with Gasteiger partial charge in [0, 0.05) is 25.7 Å². The van der Waals surface area contributed by atoms with Crippen LogP contribution in [0.15, 0.2) is 0 Å². The van der Waals surface area contributed by atoms with Gasteiger partial charge in [0.1, 0.15) is 19.3 Å². The smallest absolute Gasteiger partial charge is 0.462 e. The molecule has 0 rings (SSSR count). The number of carbonyl (C=O) groups excluding carboxylic acids is 4. The van der Waals surface area contributed by atoms with Crippen LogP contribution in [0, 0.1) is 23.7 Å². The van der Waals surface area contributed by atoms with E-state index in [2.05, 4.69) is 55.4 Å². The van der Waals surface area contributed by atoms with Crippen molar-refractivity contribution in [2.45, 2.75) is 446 Å². The molecule has 0 aromatic carbocycles. The summed E-state index contributed by atoms with van der Waals surface area (Å²) in [6.45, 7) is 14.3. The Hall–Kier alpha value is -1.94. The molecule has 0 saturated carbocycles. The highest BCUT2D eigenvalue weighted by molar-refractivity contribution is 7.47. The van der Waals surface area contributed by atoms with Crippen molar-refractivity contribution in [3.8, 4) is 0 Å². The van der Waals surface area contributed by atoms with E-state index >= 15 is 0 Å². The van der Waals surface area contributed by atoms with E-state index in [1.165, 1.54) is 225 Å². The van der Waals surface area contributed by atoms with Crippen LogP contribution in [0.5, 0.6) is 0 Å². The largest absolute Gasteiger partial charge is 0.472 e. The molecule has 0 radical (unpaired) electrons. The maximum absolute atomic E-state index is 13.1. The van der Waals surface area contributed by atoms with Crippen LogP contribution in [0.1, 0.15) is 428 Å². The Balaban J connectivity index is 5.24. The number of hydrogen-bond donors (Lipinski definition) is 3. The molecule has 0 bridgehead atoms. The summed E-state index contributed by atoms with van der Waals surface area (Å²) >= 11 is 0. The van der Waals surface area contributed by atoms with Gasteiger partial charge in [-0.3, -0.25) is 37.3 Å². The lowest BCUT2D eigenvalue weighted by Gasteiger charge is -2.21. The fourth-order valence-corrected chi connectivity index (χ4v) is 14.4. The van der Waals surface area contributed by atoms with Crippen LogP contribution < -0.4 is 0 Å². The summed E-state index contributed by atoms with van der Waals surface area (Å²) in [5, 5.41) is 10.7. The third-order valence-electron chi connectivity index (χ3n) is 19.3. The van der Waals surface area contributed by atoms with Crippen molar-refractivity contribution in [2.75, 3.05) is 39.6 Å². The van der Waals surface area contributed by atoms with Gasteiger partial charge in [-0.1, -0.05) is 376 Å². The zero-order valence-corrected chi connectivity index (χ0v) is 69.0. The van der Waals surface area contributed by atoms with E-state index in [0.717, 1.165) is 114 Å². The molecule has 19 heteroatoms. The molecule has 0 aliphatic carbocycles. The van der Waals surface area contributed by atoms with Crippen LogP contribution in [0.25, 0.3) is 0 Å². The third kappa shape index (κ3) is 76.3. The van der Waals surface area contributed by atoms with Gasteiger partial charge >= 0.3 is 39.5 Å². The SMILES string of the molecule is CC(C)CCCCCCCCCCCCCCCCCC(=O)OC[C@H](COP(=O)(O)OCC(O)COP(=O)(O)OC[C@@H](COC(=O)CCCCCCCCCC(C)C)OC(=O)CCCCCCCCCCCCCCCCC(C)C)OC(=O)CCCCCCCCCCCCCCCCC(C)C. The summed E-state index contributed by atoms with van der Waals surface area (Å²) in [6.07, 6.45) is 59.7. The predicted octanol–water partition coefficient (Wildman–Crippen LogP) is 24.8. The molecule has 0 heterocycles. The van der Waals surface area contributed by atoms with Crippen molar-refractivity contribution in [3.63, 3.8) is 0 Å². The summed E-state index contributed by atoms with van der Waals surface area (Å²) in [7, 11) is -9.93. The highest BCUT2D eigenvalue weighted by Gasteiger charge is 2.30. The van der Waals surface area contributed by atoms with E-state index in [-0.39, 0.29) is 25.7 Å². The van der Waals surface area contributed by atoms with Crippen LogP contribution >= 0.6 is 15.6 Å². The van der Waals surface area contributed by atoms with Gasteiger partial charge in [-0.25, -0.2) is 9.13 Å². The van der Waals surface area contributed by atoms with Gasteiger partial charge in [0.15, 0.2) is 12.2 Å². The Morgan fingerprint density at radius 1 is 0.245 bits per heavy atom. The van der Waals surface area contributed by atoms with Crippen molar-refractivity contribution < 1.29 is 80.2 Å². The first kappa shape index (κ1) is 100. The molecule has 0 aromatic heterocycles. The van der Waals surface area contributed by atoms with E-state index in [0.29, 0.717) is 31.6 Å². The normalized spacial score (nSPS) is 14.0. The number of aliphatic hydroxyl groups is 1. The molecular formula is C83H162O17P2. The third-order valence-corrected chi connectivity index (χ3v) is 21.2. The lowest BCUT2D eigenvalue weighted by Crippen LogP contribution is -2.30. The average molecular weight is 1490 g/mol. The first-order chi connectivity index (χ1) is 49.1. The lowest BCUT2D eigenvalue weighted by molar-refractivity contribution is -0.161. The van der Waals surface area contributed by atoms with Crippen LogP contribution in [-0.2, 0) is 65.4 Å². The topological polar surface area (TPSA) is 237 Å². The van der Waals surface area contributed by atoms with Crippen molar-refractivity contribution >= 4 is 39.5 Å². The monoisotopic (exact) mass is 1490 g/mol. The van der Waals surface area contributed by atoms with Gasteiger partial charge < -0.3 is 33.8 Å². The van der Waals surface area contributed by atoms with Gasteiger partial charge in [0.05, 0.1) is 26.4 Å². The van der Waals surface area contributed by atoms with E-state index in [9.17, 15) is 43.2 Å². The number of aliphatic hydroxyl groups excluding tert-OH is 1. The summed E-state index contributed by atoms with van der Waals surface area (Å²) < 4.78 is 68.8. The Kier molecular flexibility index (Phi) is 70.6. The first-order valence-corrected chi connectivity index (χ1v) is 45.7. The Bertz CT molecular complexity index is 1990. The molecule has 17 nitrogen and oxygen atoms in total. The number of ether oxygens (including phenoxy) is 4. The number of hydrogen-bond acceptors (Lipinski definition) is 15. The van der Waals surface area contributed by atoms with Crippen LogP contribution in [0.4, 0.5) is 0 Å². The Labute approximate surface area is 626 Å². The van der Waals surface area contributed by atoms with Crippen molar-refractivity contribution in [2.24, 2.45) is 23.7 Å². The number of unbranched alkanes of at least 4 members (excludes halogenated alkanes) is 46. The van der Waals surface area contributed by atoms with E-state index in [1.54, 1.807) is 0 Å². The molecule has 0 saturated heterocycles. The van der Waals surface area contributed by atoms with E-state index in [4.69, 9.17) is 37.0 Å². The molecule has 0 aliphatic heterocycles. The maximum atomic E-state index is 13.1. The molecular weight excluding hydrogens is 1330 g/mol. The predicted molar refractivity (Wildman–Crippen MR) is 418 cm³/mol. The van der Waals surface area contributed by atoms with Crippen LogP contribution in [0.3, 0.4) is 0 Å². The Morgan fingerprint density at radius 2 is 0.412 bits per heavy atom. The van der Waals surface area contributed by atoms with Gasteiger partial charge in [-0.15, -0.1) is 0 Å². The molecule has 102 heavy (non-hydrogen) atoms. The zero-order valence-electron chi connectivity index (χ0n) is 67.2. The second-order valence-corrected chi connectivity index (χ2v) is 34.7. The number of phosphoric ester groups is 2. The highest BCUT2D eigenvalue weighted by atomic mass is 31.2. The molecule has 5 atom stereocenters. The minimum absolute atomic E-state index is 0.106. The molecule has 0 aliphatic rings. The lowest BCUT2D eigenvalue weighted by atomic mass is 10.0. The molecule has 0 aromatic rings. The fraction of sp³-hybridized carbons (Fsp3) is 0.952. The van der Waals surface area contributed by atoms with E-state index in [1.807, 2.05) is 0 Å². The molecule has 3 unspecified atom stereocenters. The minimum Gasteiger partial charge on any atom is -0.462 e. The molecule has 0 spiro atoms. The maximum Gasteiger partial charge on any atom is 0.472 e. The van der Waals surface area contributed by atoms with Crippen molar-refractivity contribution in [1.29, 1.82) is 0 Å². The average Bonchev–Trinajstić information content (AvgIpc) is 0.909. The Morgan fingerprint density at radius 3 is 0.608 bits per heavy atom. The number of phosphoric acid groups is 2. The standard InChI is InChI=1S/C83H162O17P2/c1-73(2)59-51-43-35-28-22-16-10-9-11-19-25-31-39-47-55-63-80(85)93-69-78(99-82(87)65-57-49-40-32-26-20-14-12-17-23-29-36-44-52-60-74(3)4)71-97-101(89,90)95-67-77(84)68-96-102(91,92)98-72-79(70-94-81(86)64-56-48-42-34-38-46-54-62-76(7)8)100-83(88)66-58-50-41-33-27-21-15-13-18-24-30-37-45-53-61-75(5)6/h73-79,84H,9-72H2,1-8H3,(H,89,90)(H,91,92)/t77?,78-,79-/m1/s1. The number of esters is 4. The number of carbonyl (C=O) groups is 4. The molecule has 0 fully saturated rings. The summed E-state index contributed by atoms with van der Waals surface area (Å²) in [4.78, 5) is 73.1. The van der Waals surface area contributed by atoms with Gasteiger partial charge in [-0.05, 0) is 49.4 Å². The zero-order chi connectivity index (χ0) is 75.3. The highest BCUT2D eigenvalue weighted by Crippen LogP contribution is 2.45. The van der Waals surface area contributed by atoms with Crippen LogP contribution in [0.2, 0.25) is 0 Å². The van der Waals surface area contributed by atoms with Gasteiger partial charge in [-0.2, -0.15) is 0 Å². The fourth-order valence-electron chi connectivity index (χ4n) is 12.8. The molecule has 3 N–H and O–H groups in total. The quantitative estimate of drug-likeness (QED) is 0.0222. The van der Waals surface area contributed by atoms with Gasteiger partial charge in [0.25, 0.3) is 0 Å². The second kappa shape index (κ2) is 72.0. The van der Waals surface area contributed by atoms with E-state index < -0.39 is 97.5 Å². The van der Waals surface area contributed by atoms with Crippen molar-refractivity contribution in [3.05, 3.63) is 0 Å². The molecule has 606 valence electrons.